The van der Waals surface area contributed by atoms with E-state index in [1.54, 1.807) is 0 Å². The van der Waals surface area contributed by atoms with Crippen LogP contribution in [0.25, 0.3) is 6.08 Å². The van der Waals surface area contributed by atoms with Crippen LogP contribution in [0.5, 0.6) is 0 Å². The topological polar surface area (TPSA) is 87.7 Å². The molecule has 0 aliphatic carbocycles. The molecule has 2 aromatic carbocycles. The molecular weight excluding hydrogens is 438 g/mol. The molecule has 0 bridgehead atoms. The van der Waals surface area contributed by atoms with Gasteiger partial charge in [0, 0.05) is 44.6 Å². The van der Waals surface area contributed by atoms with E-state index < -0.39 is 10.0 Å². The van der Waals surface area contributed by atoms with E-state index >= 15 is 0 Å². The van der Waals surface area contributed by atoms with Crippen LogP contribution in [0.4, 0.5) is 0 Å². The molecule has 0 spiro atoms. The third kappa shape index (κ3) is 9.09. The Bertz CT molecular complexity index is 1010. The number of carbonyl (C=O) groups excluding carboxylic acids is 1. The maximum absolute atomic E-state index is 12.1. The van der Waals surface area contributed by atoms with Crippen LogP contribution < -0.4 is 10.0 Å². The van der Waals surface area contributed by atoms with E-state index in [1.165, 1.54) is 11.6 Å². The second-order valence-electron chi connectivity index (χ2n) is 8.45. The van der Waals surface area contributed by atoms with Crippen LogP contribution in [-0.2, 0) is 32.6 Å². The van der Waals surface area contributed by atoms with Crippen LogP contribution >= 0.6 is 0 Å². The highest BCUT2D eigenvalue weighted by molar-refractivity contribution is 7.92. The summed E-state index contributed by atoms with van der Waals surface area (Å²) in [4.78, 5) is 14.5. The molecule has 1 amide bonds. The van der Waals surface area contributed by atoms with E-state index in [0.717, 1.165) is 36.2 Å². The number of hydrogen-bond donors (Lipinski definition) is 2. The summed E-state index contributed by atoms with van der Waals surface area (Å²) in [5.74, 6) is -0.204. The molecule has 1 aliphatic rings. The largest absolute Gasteiger partial charge is 0.373 e. The lowest BCUT2D eigenvalue weighted by molar-refractivity contribution is -0.121. The molecule has 1 heterocycles. The van der Waals surface area contributed by atoms with Gasteiger partial charge >= 0.3 is 0 Å². The van der Waals surface area contributed by atoms with Crippen molar-refractivity contribution in [1.29, 1.82) is 0 Å². The number of rotatable bonds is 10. The molecule has 0 radical (unpaired) electrons. The van der Waals surface area contributed by atoms with Gasteiger partial charge in [0.25, 0.3) is 0 Å². The number of benzene rings is 2. The molecule has 2 aromatic rings. The number of amides is 1. The predicted molar refractivity (Wildman–Crippen MR) is 131 cm³/mol. The zero-order valence-electron chi connectivity index (χ0n) is 19.2. The van der Waals surface area contributed by atoms with Crippen molar-refractivity contribution in [3.63, 3.8) is 0 Å². The second kappa shape index (κ2) is 12.1. The molecule has 1 saturated heterocycles. The van der Waals surface area contributed by atoms with Crippen molar-refractivity contribution in [1.82, 2.24) is 14.9 Å². The number of nitrogens with one attached hydrogen (secondary N) is 2. The second-order valence-corrected chi connectivity index (χ2v) is 10.1. The zero-order valence-corrected chi connectivity index (χ0v) is 20.1. The SMILES string of the molecule is CC1CN(Cc2ccc(CNC(=O)CCNS(=O)(=O)/C=C/c3ccccc3)cc2)CC(C)O1. The molecule has 2 N–H and O–H groups in total. The van der Waals surface area contributed by atoms with Gasteiger partial charge in [-0.3, -0.25) is 9.69 Å². The molecule has 1 aliphatic heterocycles. The lowest BCUT2D eigenvalue weighted by Gasteiger charge is -2.35. The number of carbonyl (C=O) groups is 1. The molecule has 178 valence electrons. The van der Waals surface area contributed by atoms with Gasteiger partial charge in [0.15, 0.2) is 0 Å². The third-order valence-electron chi connectivity index (χ3n) is 5.31. The van der Waals surface area contributed by atoms with E-state index in [1.807, 2.05) is 42.5 Å². The minimum absolute atomic E-state index is 0.0443. The van der Waals surface area contributed by atoms with Gasteiger partial charge in [-0.2, -0.15) is 0 Å². The summed E-state index contributed by atoms with van der Waals surface area (Å²) in [5.41, 5.74) is 3.02. The van der Waals surface area contributed by atoms with Gasteiger partial charge < -0.3 is 10.1 Å². The fraction of sp³-hybridized carbons (Fsp3) is 0.400. The lowest BCUT2D eigenvalue weighted by Crippen LogP contribution is -2.44. The van der Waals surface area contributed by atoms with Gasteiger partial charge in [-0.25, -0.2) is 13.1 Å². The van der Waals surface area contributed by atoms with E-state index in [4.69, 9.17) is 4.74 Å². The molecule has 33 heavy (non-hydrogen) atoms. The Kier molecular flexibility index (Phi) is 9.20. The number of sulfonamides is 1. The van der Waals surface area contributed by atoms with Crippen LogP contribution in [0.1, 0.15) is 37.0 Å². The first-order valence-electron chi connectivity index (χ1n) is 11.2. The third-order valence-corrected chi connectivity index (χ3v) is 6.41. The summed E-state index contributed by atoms with van der Waals surface area (Å²) in [7, 11) is -3.59. The first kappa shape index (κ1) is 25.1. The molecule has 2 unspecified atom stereocenters. The van der Waals surface area contributed by atoms with E-state index in [0.29, 0.717) is 6.54 Å². The zero-order chi connectivity index (χ0) is 23.7. The minimum atomic E-state index is -3.59. The standard InChI is InChI=1S/C25H33N3O4S/c1-20-17-28(18-21(2)32-20)19-24-10-8-23(9-11-24)16-26-25(29)12-14-27-33(30,31)15-13-22-6-4-3-5-7-22/h3-11,13,15,20-21,27H,12,14,16-19H2,1-2H3,(H,26,29)/b15-13+. The highest BCUT2D eigenvalue weighted by Crippen LogP contribution is 2.15. The average molecular weight is 472 g/mol. The van der Waals surface area contributed by atoms with Crippen LogP contribution in [0.3, 0.4) is 0 Å². The Balaban J connectivity index is 1.37. The minimum Gasteiger partial charge on any atom is -0.373 e. The van der Waals surface area contributed by atoms with Crippen LogP contribution in [0.15, 0.2) is 60.0 Å². The Morgan fingerprint density at radius 1 is 1.03 bits per heavy atom. The Hall–Kier alpha value is -2.52. The maximum Gasteiger partial charge on any atom is 0.233 e. The molecule has 3 rings (SSSR count). The number of ether oxygens (including phenoxy) is 1. The fourth-order valence-electron chi connectivity index (χ4n) is 3.81. The van der Waals surface area contributed by atoms with Crippen molar-refractivity contribution in [2.24, 2.45) is 0 Å². The van der Waals surface area contributed by atoms with Crippen LogP contribution in [-0.4, -0.2) is 51.1 Å². The van der Waals surface area contributed by atoms with E-state index in [9.17, 15) is 13.2 Å². The Morgan fingerprint density at radius 3 is 2.33 bits per heavy atom. The van der Waals surface area contributed by atoms with Crippen molar-refractivity contribution < 1.29 is 17.9 Å². The summed E-state index contributed by atoms with van der Waals surface area (Å²) < 4.78 is 32.3. The normalized spacial score (nSPS) is 19.6. The van der Waals surface area contributed by atoms with Gasteiger partial charge in [0.05, 0.1) is 12.2 Å². The van der Waals surface area contributed by atoms with Crippen molar-refractivity contribution >= 4 is 22.0 Å². The molecule has 1 fully saturated rings. The number of nitrogens with zero attached hydrogens (tertiary/aromatic N) is 1. The molecule has 2 atom stereocenters. The summed E-state index contributed by atoms with van der Waals surface area (Å²) >= 11 is 0. The van der Waals surface area contributed by atoms with Crippen molar-refractivity contribution in [2.45, 2.75) is 45.6 Å². The highest BCUT2D eigenvalue weighted by Gasteiger charge is 2.21. The summed E-state index contributed by atoms with van der Waals surface area (Å²) in [6.07, 6.45) is 2.08. The van der Waals surface area contributed by atoms with Gasteiger partial charge in [0.1, 0.15) is 0 Å². The molecule has 8 heteroatoms. The smallest absolute Gasteiger partial charge is 0.233 e. The van der Waals surface area contributed by atoms with Crippen LogP contribution in [0.2, 0.25) is 0 Å². The van der Waals surface area contributed by atoms with Gasteiger partial charge in [0.2, 0.25) is 15.9 Å². The first-order valence-corrected chi connectivity index (χ1v) is 12.8. The summed E-state index contributed by atoms with van der Waals surface area (Å²) in [6, 6.07) is 17.4. The molecule has 7 nitrogen and oxygen atoms in total. The number of morpholine rings is 1. The average Bonchev–Trinajstić information content (AvgIpc) is 2.77. The first-order chi connectivity index (χ1) is 15.8. The van der Waals surface area contributed by atoms with Crippen LogP contribution in [0, 0.1) is 0 Å². The molecular formula is C25H33N3O4S. The van der Waals surface area contributed by atoms with E-state index in [-0.39, 0.29) is 31.1 Å². The van der Waals surface area contributed by atoms with E-state index in [2.05, 4.69) is 40.9 Å². The van der Waals surface area contributed by atoms with Gasteiger partial charge in [-0.15, -0.1) is 0 Å². The quantitative estimate of drug-likeness (QED) is 0.556. The Labute approximate surface area is 196 Å². The van der Waals surface area contributed by atoms with Crippen molar-refractivity contribution in [2.75, 3.05) is 19.6 Å². The summed E-state index contributed by atoms with van der Waals surface area (Å²) in [6.45, 7) is 7.38. The maximum atomic E-state index is 12.1. The lowest BCUT2D eigenvalue weighted by atomic mass is 10.1. The summed E-state index contributed by atoms with van der Waals surface area (Å²) in [5, 5.41) is 3.95. The number of hydrogen-bond acceptors (Lipinski definition) is 5. The monoisotopic (exact) mass is 471 g/mol. The fourth-order valence-corrected chi connectivity index (χ4v) is 4.63. The molecule has 0 aromatic heterocycles. The van der Waals surface area contributed by atoms with Gasteiger partial charge in [-0.1, -0.05) is 54.6 Å². The predicted octanol–water partition coefficient (Wildman–Crippen LogP) is 2.89. The highest BCUT2D eigenvalue weighted by atomic mass is 32.2. The van der Waals surface area contributed by atoms with Gasteiger partial charge in [-0.05, 0) is 36.6 Å². The molecule has 0 saturated carbocycles. The van der Waals surface area contributed by atoms with Crippen molar-refractivity contribution in [3.8, 4) is 0 Å². The Morgan fingerprint density at radius 2 is 1.67 bits per heavy atom. The van der Waals surface area contributed by atoms with Crippen molar-refractivity contribution in [3.05, 3.63) is 76.7 Å².